The highest BCUT2D eigenvalue weighted by Crippen LogP contribution is 2.15. The highest BCUT2D eigenvalue weighted by atomic mass is 127. The first kappa shape index (κ1) is 6.32. The molecule has 1 saturated heterocycles. The van der Waals surface area contributed by atoms with Gasteiger partial charge < -0.3 is 5.32 Å². The molecular formula is C5H9IN2. The van der Waals surface area contributed by atoms with E-state index in [4.69, 9.17) is 5.41 Å². The first-order valence-corrected chi connectivity index (χ1v) is 3.94. The van der Waals surface area contributed by atoms with Crippen LogP contribution in [0.3, 0.4) is 0 Å². The normalized spacial score (nSPS) is 37.5. The third-order valence-corrected chi connectivity index (χ3v) is 2.41. The van der Waals surface area contributed by atoms with E-state index in [1.807, 2.05) is 0 Å². The van der Waals surface area contributed by atoms with Crippen molar-refractivity contribution in [2.24, 2.45) is 0 Å². The molecule has 0 saturated carbocycles. The van der Waals surface area contributed by atoms with Gasteiger partial charge in [0.05, 0.1) is 3.92 Å². The summed E-state index contributed by atoms with van der Waals surface area (Å²) in [7, 11) is 0. The van der Waals surface area contributed by atoms with Gasteiger partial charge in [0, 0.05) is 6.04 Å². The maximum Gasteiger partial charge on any atom is 0.107 e. The van der Waals surface area contributed by atoms with E-state index in [2.05, 4.69) is 34.8 Å². The minimum atomic E-state index is 0.433. The second-order valence-electron chi connectivity index (χ2n) is 2.16. The lowest BCUT2D eigenvalue weighted by Crippen LogP contribution is -2.22. The van der Waals surface area contributed by atoms with E-state index in [0.717, 1.165) is 6.42 Å². The molecule has 8 heavy (non-hydrogen) atoms. The molecule has 1 aliphatic heterocycles. The van der Waals surface area contributed by atoms with Gasteiger partial charge >= 0.3 is 0 Å². The number of halogens is 1. The van der Waals surface area contributed by atoms with Crippen molar-refractivity contribution in [3.8, 4) is 0 Å². The van der Waals surface area contributed by atoms with Crippen molar-refractivity contribution in [3.05, 3.63) is 0 Å². The van der Waals surface area contributed by atoms with Crippen LogP contribution in [-0.2, 0) is 0 Å². The van der Waals surface area contributed by atoms with Crippen LogP contribution in [0, 0.1) is 5.41 Å². The van der Waals surface area contributed by atoms with E-state index in [0.29, 0.717) is 15.8 Å². The zero-order chi connectivity index (χ0) is 6.15. The number of nitrogens with one attached hydrogen (secondary N) is 2. The van der Waals surface area contributed by atoms with E-state index in [1.165, 1.54) is 0 Å². The SMILES string of the molecule is CC1CC(I)C(=N)N1. The molecule has 0 aromatic carbocycles. The molecule has 0 amide bonds. The van der Waals surface area contributed by atoms with Gasteiger partial charge in [-0.2, -0.15) is 0 Å². The molecule has 0 radical (unpaired) electrons. The fraction of sp³-hybridized carbons (Fsp3) is 0.800. The van der Waals surface area contributed by atoms with Crippen molar-refractivity contribution >= 4 is 28.4 Å². The second-order valence-corrected chi connectivity index (χ2v) is 3.67. The minimum Gasteiger partial charge on any atom is -0.371 e. The van der Waals surface area contributed by atoms with Gasteiger partial charge in [-0.25, -0.2) is 0 Å². The lowest BCUT2D eigenvalue weighted by Gasteiger charge is -1.97. The topological polar surface area (TPSA) is 35.9 Å². The molecule has 1 heterocycles. The second kappa shape index (κ2) is 2.21. The number of rotatable bonds is 0. The average molecular weight is 224 g/mol. The van der Waals surface area contributed by atoms with Crippen LogP contribution < -0.4 is 5.32 Å². The molecule has 1 aliphatic rings. The number of amidine groups is 1. The standard InChI is InChI=1S/C5H9IN2/c1-3-2-4(6)5(7)8-3/h3-4H,2H2,1H3,(H2,7,8). The molecule has 0 spiro atoms. The summed E-state index contributed by atoms with van der Waals surface area (Å²) >= 11 is 2.29. The van der Waals surface area contributed by atoms with Crippen LogP contribution >= 0.6 is 22.6 Å². The Morgan fingerprint density at radius 3 is 2.62 bits per heavy atom. The maximum atomic E-state index is 7.27. The van der Waals surface area contributed by atoms with Crippen LogP contribution in [0.1, 0.15) is 13.3 Å². The summed E-state index contributed by atoms with van der Waals surface area (Å²) in [4.78, 5) is 0. The van der Waals surface area contributed by atoms with Crippen molar-refractivity contribution in [1.82, 2.24) is 5.32 Å². The molecule has 1 fully saturated rings. The molecule has 1 rings (SSSR count). The van der Waals surface area contributed by atoms with Crippen molar-refractivity contribution in [2.75, 3.05) is 0 Å². The summed E-state index contributed by atoms with van der Waals surface area (Å²) in [5.41, 5.74) is 0. The van der Waals surface area contributed by atoms with Crippen LogP contribution in [0.2, 0.25) is 0 Å². The van der Waals surface area contributed by atoms with E-state index in [-0.39, 0.29) is 0 Å². The molecule has 0 bridgehead atoms. The van der Waals surface area contributed by atoms with Crippen molar-refractivity contribution in [1.29, 1.82) is 5.41 Å². The van der Waals surface area contributed by atoms with Crippen LogP contribution in [0.25, 0.3) is 0 Å². The lowest BCUT2D eigenvalue weighted by atomic mass is 10.3. The van der Waals surface area contributed by atoms with E-state index in [1.54, 1.807) is 0 Å². The molecule has 0 aromatic rings. The molecule has 2 atom stereocenters. The predicted octanol–water partition coefficient (Wildman–Crippen LogP) is 1.15. The Morgan fingerprint density at radius 2 is 2.50 bits per heavy atom. The fourth-order valence-corrected chi connectivity index (χ4v) is 1.79. The summed E-state index contributed by atoms with van der Waals surface area (Å²) in [5, 5.41) is 10.3. The third kappa shape index (κ3) is 1.13. The van der Waals surface area contributed by atoms with Gasteiger partial charge in [0.25, 0.3) is 0 Å². The summed E-state index contributed by atoms with van der Waals surface area (Å²) in [6.07, 6.45) is 1.11. The highest BCUT2D eigenvalue weighted by Gasteiger charge is 2.22. The third-order valence-electron chi connectivity index (χ3n) is 1.28. The maximum absolute atomic E-state index is 7.27. The molecule has 0 aromatic heterocycles. The Balaban J connectivity index is 2.51. The van der Waals surface area contributed by atoms with E-state index < -0.39 is 0 Å². The van der Waals surface area contributed by atoms with Gasteiger partial charge in [-0.1, -0.05) is 22.6 Å². The van der Waals surface area contributed by atoms with Gasteiger partial charge in [0.15, 0.2) is 0 Å². The summed E-state index contributed by atoms with van der Waals surface area (Å²) in [6.45, 7) is 2.10. The monoisotopic (exact) mass is 224 g/mol. The van der Waals surface area contributed by atoms with Gasteiger partial charge in [-0.15, -0.1) is 0 Å². The van der Waals surface area contributed by atoms with Crippen molar-refractivity contribution < 1.29 is 0 Å². The molecule has 3 heteroatoms. The quantitative estimate of drug-likeness (QED) is 0.470. The smallest absolute Gasteiger partial charge is 0.107 e. The van der Waals surface area contributed by atoms with Crippen LogP contribution in [0.5, 0.6) is 0 Å². The molecule has 2 nitrogen and oxygen atoms in total. The van der Waals surface area contributed by atoms with Crippen LogP contribution in [0.15, 0.2) is 0 Å². The average Bonchev–Trinajstić information content (AvgIpc) is 1.85. The summed E-state index contributed by atoms with van der Waals surface area (Å²) in [5.74, 6) is 0.693. The number of alkyl halides is 1. The van der Waals surface area contributed by atoms with Gasteiger partial charge in [-0.3, -0.25) is 5.41 Å². The minimum absolute atomic E-state index is 0.433. The van der Waals surface area contributed by atoms with Crippen LogP contribution in [-0.4, -0.2) is 15.8 Å². The van der Waals surface area contributed by atoms with Crippen molar-refractivity contribution in [3.63, 3.8) is 0 Å². The number of hydrogen-bond acceptors (Lipinski definition) is 1. The molecule has 46 valence electrons. The molecular weight excluding hydrogens is 215 g/mol. The Morgan fingerprint density at radius 1 is 1.88 bits per heavy atom. The lowest BCUT2D eigenvalue weighted by molar-refractivity contribution is 0.697. The molecule has 2 unspecified atom stereocenters. The molecule has 0 aliphatic carbocycles. The number of hydrogen-bond donors (Lipinski definition) is 2. The summed E-state index contributed by atoms with van der Waals surface area (Å²) < 4.78 is 0.433. The largest absolute Gasteiger partial charge is 0.371 e. The predicted molar refractivity (Wildman–Crippen MR) is 42.7 cm³/mol. The van der Waals surface area contributed by atoms with Gasteiger partial charge in [-0.05, 0) is 13.3 Å². The first-order chi connectivity index (χ1) is 3.70. The zero-order valence-corrected chi connectivity index (χ0v) is 6.90. The Kier molecular flexibility index (Phi) is 1.74. The Hall–Kier alpha value is 0.200. The van der Waals surface area contributed by atoms with E-state index in [9.17, 15) is 0 Å². The summed E-state index contributed by atoms with van der Waals surface area (Å²) in [6, 6.07) is 0.518. The van der Waals surface area contributed by atoms with Gasteiger partial charge in [0.2, 0.25) is 0 Å². The highest BCUT2D eigenvalue weighted by molar-refractivity contribution is 14.1. The molecule has 2 N–H and O–H groups in total. The van der Waals surface area contributed by atoms with Crippen LogP contribution in [0.4, 0.5) is 0 Å². The van der Waals surface area contributed by atoms with Crippen molar-refractivity contribution in [2.45, 2.75) is 23.3 Å². The van der Waals surface area contributed by atoms with E-state index >= 15 is 0 Å². The zero-order valence-electron chi connectivity index (χ0n) is 4.74. The van der Waals surface area contributed by atoms with Gasteiger partial charge in [0.1, 0.15) is 5.84 Å². The Bertz CT molecular complexity index is 113. The first-order valence-electron chi connectivity index (χ1n) is 2.69. The Labute approximate surface area is 62.7 Å². The fourth-order valence-electron chi connectivity index (χ4n) is 0.843.